The van der Waals surface area contributed by atoms with Crippen molar-refractivity contribution >= 4 is 11.3 Å². The summed E-state index contributed by atoms with van der Waals surface area (Å²) in [4.78, 5) is 4.70. The normalized spacial score (nSPS) is 25.1. The van der Waals surface area contributed by atoms with E-state index in [1.165, 1.54) is 23.5 Å². The molecule has 2 atom stereocenters. The van der Waals surface area contributed by atoms with Gasteiger partial charge in [-0.3, -0.25) is 0 Å². The molecule has 90 valence electrons. The summed E-state index contributed by atoms with van der Waals surface area (Å²) >= 11 is 1.79. The van der Waals surface area contributed by atoms with Crippen molar-refractivity contribution in [3.05, 3.63) is 16.1 Å². The number of hydrogen-bond acceptors (Lipinski definition) is 4. The van der Waals surface area contributed by atoms with Gasteiger partial charge in [-0.1, -0.05) is 13.3 Å². The number of nitrogens with one attached hydrogen (secondary N) is 1. The third kappa shape index (κ3) is 2.81. The van der Waals surface area contributed by atoms with Crippen LogP contribution < -0.4 is 5.32 Å². The Morgan fingerprint density at radius 2 is 2.50 bits per heavy atom. The van der Waals surface area contributed by atoms with E-state index in [4.69, 9.17) is 9.72 Å². The minimum atomic E-state index is 0.353. The van der Waals surface area contributed by atoms with E-state index in [0.29, 0.717) is 12.1 Å². The smallest absolute Gasteiger partial charge is 0.0928 e. The number of ether oxygens (including phenoxy) is 1. The SMILES string of the molecule is CCCCc1nc(C2CC(OC)CN2)cs1. The number of unbranched alkanes of at least 4 members (excludes halogenated alkanes) is 1. The molecule has 1 aromatic rings. The Labute approximate surface area is 101 Å². The number of hydrogen-bond donors (Lipinski definition) is 1. The van der Waals surface area contributed by atoms with Crippen LogP contribution in [0.1, 0.15) is 42.9 Å². The van der Waals surface area contributed by atoms with Crippen molar-refractivity contribution < 1.29 is 4.74 Å². The molecule has 0 aromatic carbocycles. The molecular weight excluding hydrogens is 220 g/mol. The van der Waals surface area contributed by atoms with Gasteiger partial charge in [-0.05, 0) is 19.3 Å². The Morgan fingerprint density at radius 3 is 3.19 bits per heavy atom. The molecule has 0 bridgehead atoms. The first-order valence-electron chi connectivity index (χ1n) is 6.04. The van der Waals surface area contributed by atoms with E-state index in [1.807, 2.05) is 0 Å². The molecule has 0 spiro atoms. The van der Waals surface area contributed by atoms with Gasteiger partial charge in [0.1, 0.15) is 0 Å². The van der Waals surface area contributed by atoms with Crippen LogP contribution in [0.15, 0.2) is 5.38 Å². The molecule has 2 heterocycles. The summed E-state index contributed by atoms with van der Waals surface area (Å²) in [6, 6.07) is 0.400. The van der Waals surface area contributed by atoms with Crippen molar-refractivity contribution in [2.24, 2.45) is 0 Å². The Morgan fingerprint density at radius 1 is 1.62 bits per heavy atom. The van der Waals surface area contributed by atoms with E-state index in [0.717, 1.165) is 19.4 Å². The van der Waals surface area contributed by atoms with Crippen LogP contribution in [0.3, 0.4) is 0 Å². The lowest BCUT2D eigenvalue weighted by Crippen LogP contribution is -2.16. The summed E-state index contributed by atoms with van der Waals surface area (Å²) in [5.41, 5.74) is 1.20. The zero-order chi connectivity index (χ0) is 11.4. The average molecular weight is 240 g/mol. The molecule has 1 saturated heterocycles. The van der Waals surface area contributed by atoms with E-state index < -0.39 is 0 Å². The lowest BCUT2D eigenvalue weighted by molar-refractivity contribution is 0.117. The Balaban J connectivity index is 1.92. The summed E-state index contributed by atoms with van der Waals surface area (Å²) in [5.74, 6) is 0. The van der Waals surface area contributed by atoms with E-state index in [1.54, 1.807) is 18.4 Å². The summed E-state index contributed by atoms with van der Waals surface area (Å²) < 4.78 is 5.35. The van der Waals surface area contributed by atoms with Crippen LogP contribution in [0.5, 0.6) is 0 Å². The molecule has 3 nitrogen and oxygen atoms in total. The van der Waals surface area contributed by atoms with Crippen LogP contribution in [0.4, 0.5) is 0 Å². The van der Waals surface area contributed by atoms with Crippen molar-refractivity contribution in [1.82, 2.24) is 10.3 Å². The van der Waals surface area contributed by atoms with Gasteiger partial charge in [0.25, 0.3) is 0 Å². The number of thiazole rings is 1. The summed E-state index contributed by atoms with van der Waals surface area (Å²) in [7, 11) is 1.78. The zero-order valence-electron chi connectivity index (χ0n) is 10.0. The van der Waals surface area contributed by atoms with Gasteiger partial charge in [-0.2, -0.15) is 0 Å². The van der Waals surface area contributed by atoms with Crippen molar-refractivity contribution in [2.75, 3.05) is 13.7 Å². The predicted octanol–water partition coefficient (Wildman–Crippen LogP) is 2.54. The maximum absolute atomic E-state index is 5.35. The van der Waals surface area contributed by atoms with E-state index in [-0.39, 0.29) is 0 Å². The van der Waals surface area contributed by atoms with Gasteiger partial charge in [-0.25, -0.2) is 4.98 Å². The molecule has 4 heteroatoms. The zero-order valence-corrected chi connectivity index (χ0v) is 10.8. The largest absolute Gasteiger partial charge is 0.380 e. The molecule has 0 saturated carbocycles. The fourth-order valence-corrected chi connectivity index (χ4v) is 2.93. The van der Waals surface area contributed by atoms with Gasteiger partial charge >= 0.3 is 0 Å². The van der Waals surface area contributed by atoms with E-state index >= 15 is 0 Å². The van der Waals surface area contributed by atoms with Crippen LogP contribution in [0.2, 0.25) is 0 Å². The first kappa shape index (κ1) is 12.0. The standard InChI is InChI=1S/C12H20N2OS/c1-3-4-5-12-14-11(8-16-12)10-6-9(15-2)7-13-10/h8-10,13H,3-7H2,1-2H3. The number of aryl methyl sites for hydroxylation is 1. The highest BCUT2D eigenvalue weighted by Crippen LogP contribution is 2.26. The molecule has 1 aliphatic heterocycles. The van der Waals surface area contributed by atoms with Crippen molar-refractivity contribution in [2.45, 2.75) is 44.8 Å². The molecule has 1 aliphatic rings. The van der Waals surface area contributed by atoms with Crippen LogP contribution in [-0.4, -0.2) is 24.7 Å². The molecule has 1 fully saturated rings. The minimum absolute atomic E-state index is 0.353. The quantitative estimate of drug-likeness (QED) is 0.859. The fraction of sp³-hybridized carbons (Fsp3) is 0.750. The number of aromatic nitrogens is 1. The molecule has 16 heavy (non-hydrogen) atoms. The van der Waals surface area contributed by atoms with Gasteiger partial charge < -0.3 is 10.1 Å². The van der Waals surface area contributed by atoms with Crippen LogP contribution in [0, 0.1) is 0 Å². The lowest BCUT2D eigenvalue weighted by atomic mass is 10.1. The summed E-state index contributed by atoms with van der Waals surface area (Å²) in [5, 5.41) is 6.93. The second-order valence-electron chi connectivity index (χ2n) is 4.32. The minimum Gasteiger partial charge on any atom is -0.380 e. The second kappa shape index (κ2) is 5.75. The maximum Gasteiger partial charge on any atom is 0.0928 e. The van der Waals surface area contributed by atoms with E-state index in [2.05, 4.69) is 17.6 Å². The number of methoxy groups -OCH3 is 1. The molecule has 2 rings (SSSR count). The van der Waals surface area contributed by atoms with E-state index in [9.17, 15) is 0 Å². The Bertz CT molecular complexity index is 327. The molecule has 0 amide bonds. The van der Waals surface area contributed by atoms with Gasteiger partial charge in [0.2, 0.25) is 0 Å². The second-order valence-corrected chi connectivity index (χ2v) is 5.27. The molecule has 1 aromatic heterocycles. The predicted molar refractivity (Wildman–Crippen MR) is 66.9 cm³/mol. The molecule has 2 unspecified atom stereocenters. The lowest BCUT2D eigenvalue weighted by Gasteiger charge is -2.06. The highest BCUT2D eigenvalue weighted by Gasteiger charge is 2.26. The topological polar surface area (TPSA) is 34.1 Å². The monoisotopic (exact) mass is 240 g/mol. The average Bonchev–Trinajstić information content (AvgIpc) is 2.94. The van der Waals surface area contributed by atoms with Gasteiger partial charge in [0, 0.05) is 19.0 Å². The van der Waals surface area contributed by atoms with Crippen LogP contribution in [-0.2, 0) is 11.2 Å². The molecule has 0 aliphatic carbocycles. The number of nitrogens with zero attached hydrogens (tertiary/aromatic N) is 1. The fourth-order valence-electron chi connectivity index (χ4n) is 2.04. The van der Waals surface area contributed by atoms with Crippen LogP contribution in [0.25, 0.3) is 0 Å². The third-order valence-electron chi connectivity index (χ3n) is 3.09. The summed E-state index contributed by atoms with van der Waals surface area (Å²) in [6.45, 7) is 3.17. The Hall–Kier alpha value is -0.450. The highest BCUT2D eigenvalue weighted by molar-refractivity contribution is 7.09. The number of rotatable bonds is 5. The summed E-state index contributed by atoms with van der Waals surface area (Å²) in [6.07, 6.45) is 5.01. The Kier molecular flexibility index (Phi) is 4.32. The molecule has 0 radical (unpaired) electrons. The van der Waals surface area contributed by atoms with Gasteiger partial charge in [0.15, 0.2) is 0 Å². The maximum atomic E-state index is 5.35. The van der Waals surface area contributed by atoms with Gasteiger partial charge in [0.05, 0.1) is 22.8 Å². The van der Waals surface area contributed by atoms with Crippen molar-refractivity contribution in [1.29, 1.82) is 0 Å². The third-order valence-corrected chi connectivity index (χ3v) is 4.02. The van der Waals surface area contributed by atoms with Gasteiger partial charge in [-0.15, -0.1) is 11.3 Å². The molecule has 1 N–H and O–H groups in total. The van der Waals surface area contributed by atoms with Crippen LogP contribution >= 0.6 is 11.3 Å². The van der Waals surface area contributed by atoms with Crippen molar-refractivity contribution in [3.8, 4) is 0 Å². The highest BCUT2D eigenvalue weighted by atomic mass is 32.1. The first-order chi connectivity index (χ1) is 7.83. The first-order valence-corrected chi connectivity index (χ1v) is 6.92. The van der Waals surface area contributed by atoms with Crippen molar-refractivity contribution in [3.63, 3.8) is 0 Å². The molecular formula is C12H20N2OS.